The Morgan fingerprint density at radius 3 is 1.96 bits per heavy atom. The molecule has 3 fully saturated rings. The Morgan fingerprint density at radius 1 is 0.712 bits per heavy atom. The third-order valence-electron chi connectivity index (χ3n) is 11.2. The summed E-state index contributed by atoms with van der Waals surface area (Å²) < 4.78 is 71.1. The highest BCUT2D eigenvalue weighted by molar-refractivity contribution is 5.95. The lowest BCUT2D eigenvalue weighted by molar-refractivity contribution is -0.137. The summed E-state index contributed by atoms with van der Waals surface area (Å²) in [5, 5.41) is 0. The third-order valence-corrected chi connectivity index (χ3v) is 11.2. The van der Waals surface area contributed by atoms with Gasteiger partial charge < -0.3 is 9.80 Å². The molecule has 3 saturated heterocycles. The zero-order valence-electron chi connectivity index (χ0n) is 30.3. The third kappa shape index (κ3) is 8.68. The van der Waals surface area contributed by atoms with Crippen LogP contribution in [0.2, 0.25) is 0 Å². The second-order valence-electron chi connectivity index (χ2n) is 14.9. The molecule has 0 spiro atoms. The molecule has 11 heteroatoms. The van der Waals surface area contributed by atoms with Gasteiger partial charge >= 0.3 is 6.18 Å². The number of nitrogens with zero attached hydrogens (tertiary/aromatic N) is 4. The lowest BCUT2D eigenvalue weighted by atomic mass is 9.89. The number of alkyl halides is 5. The van der Waals surface area contributed by atoms with Crippen molar-refractivity contribution in [2.45, 2.75) is 89.5 Å². The molecule has 0 N–H and O–H groups in total. The van der Waals surface area contributed by atoms with Crippen LogP contribution >= 0.6 is 0 Å². The molecule has 0 bridgehead atoms. The van der Waals surface area contributed by atoms with Crippen molar-refractivity contribution < 1.29 is 31.5 Å². The molecule has 3 aliphatic heterocycles. The van der Waals surface area contributed by atoms with Crippen LogP contribution in [-0.2, 0) is 18.5 Å². The fourth-order valence-corrected chi connectivity index (χ4v) is 8.39. The predicted molar refractivity (Wildman–Crippen MR) is 192 cm³/mol. The molecule has 6 rings (SSSR count). The van der Waals surface area contributed by atoms with E-state index in [9.17, 15) is 31.5 Å². The van der Waals surface area contributed by atoms with E-state index in [1.165, 1.54) is 6.92 Å². The Kier molecular flexibility index (Phi) is 11.4. The van der Waals surface area contributed by atoms with Crippen LogP contribution in [0.3, 0.4) is 0 Å². The molecule has 0 aliphatic carbocycles. The smallest absolute Gasteiger partial charge is 0.337 e. The molecule has 3 unspecified atom stereocenters. The minimum absolute atomic E-state index is 0.0846. The van der Waals surface area contributed by atoms with Gasteiger partial charge in [0.1, 0.15) is 0 Å². The Labute approximate surface area is 303 Å². The number of halogens is 5. The van der Waals surface area contributed by atoms with Gasteiger partial charge in [-0.15, -0.1) is 0 Å². The Morgan fingerprint density at radius 2 is 1.33 bits per heavy atom. The summed E-state index contributed by atoms with van der Waals surface area (Å²) in [7, 11) is 0. The van der Waals surface area contributed by atoms with Gasteiger partial charge in [0.2, 0.25) is 0 Å². The first-order valence-corrected chi connectivity index (χ1v) is 18.5. The number of amides is 2. The van der Waals surface area contributed by atoms with Gasteiger partial charge in [-0.25, -0.2) is 8.78 Å². The molecule has 280 valence electrons. The van der Waals surface area contributed by atoms with Gasteiger partial charge in [-0.3, -0.25) is 19.4 Å². The number of rotatable bonds is 8. The number of piperidine rings is 2. The molecule has 3 aromatic rings. The maximum absolute atomic E-state index is 14.7. The average molecular weight is 725 g/mol. The first-order chi connectivity index (χ1) is 24.7. The Balaban J connectivity index is 1.14. The normalized spacial score (nSPS) is 22.4. The highest BCUT2D eigenvalue weighted by atomic mass is 19.4. The molecule has 3 aromatic carbocycles. The van der Waals surface area contributed by atoms with Crippen LogP contribution in [0.25, 0.3) is 0 Å². The van der Waals surface area contributed by atoms with Crippen LogP contribution in [-0.4, -0.2) is 95.4 Å². The molecule has 0 saturated carbocycles. The van der Waals surface area contributed by atoms with E-state index in [2.05, 4.69) is 15.9 Å². The number of likely N-dealkylation sites (tertiary alicyclic amines) is 2. The first kappa shape index (κ1) is 37.9. The van der Waals surface area contributed by atoms with E-state index < -0.39 is 35.6 Å². The van der Waals surface area contributed by atoms with Crippen LogP contribution in [0, 0.1) is 13.8 Å². The lowest BCUT2D eigenvalue weighted by Crippen LogP contribution is -2.59. The summed E-state index contributed by atoms with van der Waals surface area (Å²) in [6.45, 7) is 10.4. The molecular formula is C41H49F5N4O2. The fraction of sp³-hybridized carbons (Fsp3) is 0.512. The summed E-state index contributed by atoms with van der Waals surface area (Å²) in [5.74, 6) is -4.07. The van der Waals surface area contributed by atoms with E-state index in [1.807, 2.05) is 61.2 Å². The number of carbonyl (C=O) groups is 2. The van der Waals surface area contributed by atoms with E-state index in [0.717, 1.165) is 73.9 Å². The van der Waals surface area contributed by atoms with Crippen molar-refractivity contribution in [3.8, 4) is 0 Å². The van der Waals surface area contributed by atoms with Gasteiger partial charge in [-0.1, -0.05) is 54.4 Å². The predicted octanol–water partition coefficient (Wildman–Crippen LogP) is 7.96. The minimum Gasteiger partial charge on any atom is -0.337 e. The zero-order chi connectivity index (χ0) is 37.2. The van der Waals surface area contributed by atoms with E-state index in [4.69, 9.17) is 0 Å². The summed E-state index contributed by atoms with van der Waals surface area (Å²) >= 11 is 0. The fourth-order valence-electron chi connectivity index (χ4n) is 8.39. The second kappa shape index (κ2) is 15.6. The average Bonchev–Trinajstić information content (AvgIpc) is 3.14. The van der Waals surface area contributed by atoms with E-state index in [1.54, 1.807) is 4.90 Å². The van der Waals surface area contributed by atoms with Gasteiger partial charge in [-0.2, -0.15) is 13.2 Å². The van der Waals surface area contributed by atoms with Crippen LogP contribution in [0.15, 0.2) is 66.7 Å². The SMILES string of the molecule is CCC(F)(F)c1cc(C(=O)N2CCC(N3CCN(C4CCCN(C(=O)c5cc(C)cc(C)c5)C4)CC3)CC2Cc2ccccc2)cc(C(F)(F)F)c1. The largest absolute Gasteiger partial charge is 0.416 e. The molecule has 2 amide bonds. The van der Waals surface area contributed by atoms with Crippen molar-refractivity contribution in [1.29, 1.82) is 0 Å². The van der Waals surface area contributed by atoms with Crippen molar-refractivity contribution in [3.05, 3.63) is 106 Å². The summed E-state index contributed by atoms with van der Waals surface area (Å²) in [6.07, 6.45) is -1.79. The summed E-state index contributed by atoms with van der Waals surface area (Å²) in [6, 6.07) is 17.9. The quantitative estimate of drug-likeness (QED) is 0.221. The van der Waals surface area contributed by atoms with Crippen molar-refractivity contribution >= 4 is 11.8 Å². The second-order valence-corrected chi connectivity index (χ2v) is 14.9. The van der Waals surface area contributed by atoms with Crippen LogP contribution in [0.4, 0.5) is 22.0 Å². The highest BCUT2D eigenvalue weighted by Crippen LogP contribution is 2.38. The molecule has 3 aliphatic rings. The van der Waals surface area contributed by atoms with Crippen molar-refractivity contribution in [3.63, 3.8) is 0 Å². The maximum Gasteiger partial charge on any atom is 0.416 e. The molecule has 3 atom stereocenters. The van der Waals surface area contributed by atoms with Crippen LogP contribution < -0.4 is 0 Å². The molecule has 0 aromatic heterocycles. The Hall–Kier alpha value is -3.83. The van der Waals surface area contributed by atoms with Crippen molar-refractivity contribution in [1.82, 2.24) is 19.6 Å². The van der Waals surface area contributed by atoms with Gasteiger partial charge in [0.15, 0.2) is 0 Å². The van der Waals surface area contributed by atoms with Crippen molar-refractivity contribution in [2.24, 2.45) is 0 Å². The van der Waals surface area contributed by atoms with Crippen LogP contribution in [0.5, 0.6) is 0 Å². The summed E-state index contributed by atoms with van der Waals surface area (Å²) in [4.78, 5) is 36.0. The Bertz CT molecular complexity index is 1700. The standard InChI is InChI=1S/C41H49F5N4O2/c1-4-40(42,43)33-23-32(24-34(25-33)41(44,45)46)39(52)50-14-12-35(26-37(50)22-30-9-6-5-7-10-30)47-15-17-48(18-16-47)36-11-8-13-49(27-36)38(51)31-20-28(2)19-29(3)21-31/h5-7,9-10,19-21,23-25,35-37H,4,8,11-18,22,26-27H2,1-3H3. The molecule has 3 heterocycles. The van der Waals surface area contributed by atoms with Gasteiger partial charge in [0.05, 0.1) is 5.56 Å². The molecular weight excluding hydrogens is 675 g/mol. The summed E-state index contributed by atoms with van der Waals surface area (Å²) in [5.41, 5.74) is 1.49. The first-order valence-electron chi connectivity index (χ1n) is 18.5. The number of piperazine rings is 1. The number of benzene rings is 3. The van der Waals surface area contributed by atoms with Crippen molar-refractivity contribution in [2.75, 3.05) is 45.8 Å². The van der Waals surface area contributed by atoms with Gasteiger partial charge in [0.25, 0.3) is 17.7 Å². The number of carbonyl (C=O) groups excluding carboxylic acids is 2. The molecule has 0 radical (unpaired) electrons. The van der Waals surface area contributed by atoms with E-state index in [0.29, 0.717) is 44.5 Å². The van der Waals surface area contributed by atoms with E-state index >= 15 is 0 Å². The highest BCUT2D eigenvalue weighted by Gasteiger charge is 2.40. The molecule has 52 heavy (non-hydrogen) atoms. The van der Waals surface area contributed by atoms with Crippen LogP contribution in [0.1, 0.15) is 87.6 Å². The monoisotopic (exact) mass is 724 g/mol. The van der Waals surface area contributed by atoms with E-state index in [-0.39, 0.29) is 29.6 Å². The van der Waals surface area contributed by atoms with Gasteiger partial charge in [0, 0.05) is 87.0 Å². The number of aryl methyl sites for hydroxylation is 2. The van der Waals surface area contributed by atoms with Gasteiger partial charge in [-0.05, 0) is 81.8 Å². The number of hydrogen-bond donors (Lipinski definition) is 0. The topological polar surface area (TPSA) is 47.1 Å². The lowest BCUT2D eigenvalue weighted by Gasteiger charge is -2.48. The minimum atomic E-state index is -4.88. The zero-order valence-corrected chi connectivity index (χ0v) is 30.3. The molecule has 6 nitrogen and oxygen atoms in total. The maximum atomic E-state index is 14.7. The number of hydrogen-bond acceptors (Lipinski definition) is 4.